The molecule has 1 aliphatic rings. The van der Waals surface area contributed by atoms with E-state index in [0.29, 0.717) is 22.3 Å². The number of aliphatic hydroxyl groups is 1. The molecule has 0 aliphatic carbocycles. The molecule has 2 rings (SSSR count). The second-order valence-electron chi connectivity index (χ2n) is 3.90. The molecule has 1 aliphatic heterocycles. The van der Waals surface area contributed by atoms with Gasteiger partial charge in [-0.1, -0.05) is 23.2 Å². The van der Waals surface area contributed by atoms with Crippen molar-refractivity contribution in [2.75, 3.05) is 11.4 Å². The van der Waals surface area contributed by atoms with Gasteiger partial charge in [-0.2, -0.15) is 0 Å². The zero-order valence-corrected chi connectivity index (χ0v) is 10.2. The molecular weight excluding hydrogens is 249 g/mol. The highest BCUT2D eigenvalue weighted by molar-refractivity contribution is 6.36. The lowest BCUT2D eigenvalue weighted by Gasteiger charge is -2.17. The SMILES string of the molecule is Cc1c(Cl)cc(N2CC(O)CC2=O)cc1Cl. The van der Waals surface area contributed by atoms with Gasteiger partial charge < -0.3 is 10.0 Å². The molecule has 1 amide bonds. The van der Waals surface area contributed by atoms with E-state index in [4.69, 9.17) is 23.2 Å². The monoisotopic (exact) mass is 259 g/mol. The molecule has 0 bridgehead atoms. The van der Waals surface area contributed by atoms with E-state index < -0.39 is 6.10 Å². The summed E-state index contributed by atoms with van der Waals surface area (Å²) in [5.74, 6) is -0.108. The molecule has 0 spiro atoms. The van der Waals surface area contributed by atoms with Crippen LogP contribution >= 0.6 is 23.2 Å². The quantitative estimate of drug-likeness (QED) is 0.842. The lowest BCUT2D eigenvalue weighted by Crippen LogP contribution is -2.25. The molecule has 3 nitrogen and oxygen atoms in total. The minimum absolute atomic E-state index is 0.108. The van der Waals surface area contributed by atoms with Gasteiger partial charge in [0.2, 0.25) is 5.91 Å². The van der Waals surface area contributed by atoms with Crippen molar-refractivity contribution in [3.63, 3.8) is 0 Å². The minimum Gasteiger partial charge on any atom is -0.391 e. The summed E-state index contributed by atoms with van der Waals surface area (Å²) < 4.78 is 0. The second-order valence-corrected chi connectivity index (χ2v) is 4.71. The van der Waals surface area contributed by atoms with Crippen molar-refractivity contribution >= 4 is 34.8 Å². The van der Waals surface area contributed by atoms with Gasteiger partial charge >= 0.3 is 0 Å². The maximum absolute atomic E-state index is 11.6. The fourth-order valence-corrected chi connectivity index (χ4v) is 2.20. The van der Waals surface area contributed by atoms with Crippen LogP contribution in [0.3, 0.4) is 0 Å². The van der Waals surface area contributed by atoms with Gasteiger partial charge in [-0.3, -0.25) is 4.79 Å². The summed E-state index contributed by atoms with van der Waals surface area (Å²) in [6.07, 6.45) is -0.449. The number of anilines is 1. The number of β-amino-alcohol motifs (C(OH)–C–C–N with tert-alkyl or cyclic N) is 1. The van der Waals surface area contributed by atoms with E-state index in [-0.39, 0.29) is 12.3 Å². The van der Waals surface area contributed by atoms with Crippen molar-refractivity contribution in [3.8, 4) is 0 Å². The maximum atomic E-state index is 11.6. The van der Waals surface area contributed by atoms with Gasteiger partial charge in [-0.25, -0.2) is 0 Å². The highest BCUT2D eigenvalue weighted by Gasteiger charge is 2.29. The van der Waals surface area contributed by atoms with Gasteiger partial charge in [-0.15, -0.1) is 0 Å². The predicted octanol–water partition coefficient (Wildman–Crippen LogP) is 2.40. The Hall–Kier alpha value is -0.770. The summed E-state index contributed by atoms with van der Waals surface area (Å²) in [6.45, 7) is 2.11. The molecule has 1 unspecified atom stereocenters. The molecule has 1 aromatic rings. The molecule has 1 heterocycles. The van der Waals surface area contributed by atoms with Crippen LogP contribution < -0.4 is 4.90 Å². The highest BCUT2D eigenvalue weighted by atomic mass is 35.5. The number of halogens is 2. The maximum Gasteiger partial charge on any atom is 0.229 e. The smallest absolute Gasteiger partial charge is 0.229 e. The van der Waals surface area contributed by atoms with Gasteiger partial charge in [-0.05, 0) is 24.6 Å². The third kappa shape index (κ3) is 2.03. The van der Waals surface area contributed by atoms with Gasteiger partial charge in [0.25, 0.3) is 0 Å². The van der Waals surface area contributed by atoms with E-state index in [0.717, 1.165) is 5.56 Å². The fourth-order valence-electron chi connectivity index (χ4n) is 1.73. The fraction of sp³-hybridized carbons (Fsp3) is 0.364. The molecule has 0 saturated carbocycles. The van der Waals surface area contributed by atoms with Crippen LogP contribution in [0.2, 0.25) is 10.0 Å². The Morgan fingerprint density at radius 2 is 1.94 bits per heavy atom. The van der Waals surface area contributed by atoms with Gasteiger partial charge in [0, 0.05) is 15.7 Å². The Morgan fingerprint density at radius 1 is 1.38 bits per heavy atom. The summed E-state index contributed by atoms with van der Waals surface area (Å²) in [6, 6.07) is 3.39. The van der Waals surface area contributed by atoms with E-state index in [9.17, 15) is 9.90 Å². The number of nitrogens with zero attached hydrogens (tertiary/aromatic N) is 1. The third-order valence-electron chi connectivity index (χ3n) is 2.68. The Balaban J connectivity index is 2.38. The number of carbonyl (C=O) groups is 1. The van der Waals surface area contributed by atoms with Crippen LogP contribution in [0.4, 0.5) is 5.69 Å². The van der Waals surface area contributed by atoms with Crippen molar-refractivity contribution in [3.05, 3.63) is 27.7 Å². The average molecular weight is 260 g/mol. The van der Waals surface area contributed by atoms with Gasteiger partial charge in [0.1, 0.15) is 0 Å². The summed E-state index contributed by atoms with van der Waals surface area (Å²) in [4.78, 5) is 13.1. The standard InChI is InChI=1S/C11H11Cl2NO2/c1-6-9(12)2-7(3-10(6)13)14-5-8(15)4-11(14)16/h2-3,8,15H,4-5H2,1H3. The Morgan fingerprint density at radius 3 is 2.38 bits per heavy atom. The number of carbonyl (C=O) groups excluding carboxylic acids is 1. The number of amides is 1. The molecular formula is C11H11Cl2NO2. The average Bonchev–Trinajstić information content (AvgIpc) is 2.53. The Labute approximate surface area is 104 Å². The van der Waals surface area contributed by atoms with E-state index in [1.165, 1.54) is 4.90 Å². The molecule has 0 aromatic heterocycles. The normalized spacial score (nSPS) is 20.6. The largest absolute Gasteiger partial charge is 0.391 e. The van der Waals surface area contributed by atoms with Crippen molar-refractivity contribution in [2.24, 2.45) is 0 Å². The van der Waals surface area contributed by atoms with Crippen molar-refractivity contribution in [1.82, 2.24) is 0 Å². The number of aliphatic hydroxyl groups excluding tert-OH is 1. The first-order valence-electron chi connectivity index (χ1n) is 4.93. The summed E-state index contributed by atoms with van der Waals surface area (Å²) in [7, 11) is 0. The first-order valence-corrected chi connectivity index (χ1v) is 5.68. The van der Waals surface area contributed by atoms with Crippen molar-refractivity contribution < 1.29 is 9.90 Å². The molecule has 1 fully saturated rings. The first-order chi connectivity index (χ1) is 7.49. The van der Waals surface area contributed by atoms with Crippen molar-refractivity contribution in [1.29, 1.82) is 0 Å². The second kappa shape index (κ2) is 4.24. The van der Waals surface area contributed by atoms with Crippen LogP contribution in [0.5, 0.6) is 0 Å². The van der Waals surface area contributed by atoms with Gasteiger partial charge in [0.15, 0.2) is 0 Å². The summed E-state index contributed by atoms with van der Waals surface area (Å²) in [5, 5.41) is 10.4. The molecule has 1 saturated heterocycles. The molecule has 16 heavy (non-hydrogen) atoms. The van der Waals surface area contributed by atoms with E-state index >= 15 is 0 Å². The summed E-state index contributed by atoms with van der Waals surface area (Å²) in [5.41, 5.74) is 1.43. The van der Waals surface area contributed by atoms with Crippen LogP contribution in [0.25, 0.3) is 0 Å². The van der Waals surface area contributed by atoms with Crippen LogP contribution in [-0.4, -0.2) is 23.7 Å². The first kappa shape index (κ1) is 11.7. The zero-order valence-electron chi connectivity index (χ0n) is 8.70. The molecule has 1 atom stereocenters. The Bertz CT molecular complexity index is 425. The molecule has 0 radical (unpaired) electrons. The van der Waals surface area contributed by atoms with Crippen LogP contribution in [0.1, 0.15) is 12.0 Å². The summed E-state index contributed by atoms with van der Waals surface area (Å²) >= 11 is 12.0. The number of rotatable bonds is 1. The predicted molar refractivity (Wildman–Crippen MR) is 64.2 cm³/mol. The van der Waals surface area contributed by atoms with E-state index in [1.54, 1.807) is 12.1 Å². The van der Waals surface area contributed by atoms with Crippen LogP contribution in [-0.2, 0) is 4.79 Å². The van der Waals surface area contributed by atoms with E-state index in [1.807, 2.05) is 6.92 Å². The lowest BCUT2D eigenvalue weighted by molar-refractivity contribution is -0.117. The van der Waals surface area contributed by atoms with Crippen molar-refractivity contribution in [2.45, 2.75) is 19.4 Å². The molecule has 5 heteroatoms. The highest BCUT2D eigenvalue weighted by Crippen LogP contribution is 2.31. The van der Waals surface area contributed by atoms with Crippen LogP contribution in [0.15, 0.2) is 12.1 Å². The number of benzene rings is 1. The van der Waals surface area contributed by atoms with Crippen LogP contribution in [0, 0.1) is 6.92 Å². The van der Waals surface area contributed by atoms with E-state index in [2.05, 4.69) is 0 Å². The molecule has 1 aromatic carbocycles. The molecule has 86 valence electrons. The third-order valence-corrected chi connectivity index (χ3v) is 3.47. The lowest BCUT2D eigenvalue weighted by atomic mass is 10.2. The topological polar surface area (TPSA) is 40.5 Å². The minimum atomic E-state index is -0.605. The number of hydrogen-bond acceptors (Lipinski definition) is 2. The molecule has 1 N–H and O–H groups in total. The number of hydrogen-bond donors (Lipinski definition) is 1. The zero-order chi connectivity index (χ0) is 11.9. The Kier molecular flexibility index (Phi) is 3.10. The van der Waals surface area contributed by atoms with Gasteiger partial charge in [0.05, 0.1) is 19.1 Å².